The molecule has 0 bridgehead atoms. The van der Waals surface area contributed by atoms with E-state index in [2.05, 4.69) is 5.92 Å². The maximum absolute atomic E-state index is 11.2. The minimum absolute atomic E-state index is 0.0752. The van der Waals surface area contributed by atoms with Crippen LogP contribution in [0.25, 0.3) is 0 Å². The molecule has 0 spiro atoms. The van der Waals surface area contributed by atoms with E-state index in [9.17, 15) is 4.21 Å². The van der Waals surface area contributed by atoms with E-state index in [0.29, 0.717) is 0 Å². The molecular formula is C5H6OS4. The first-order chi connectivity index (χ1) is 4.64. The third-order valence-corrected chi connectivity index (χ3v) is 8.47. The minimum Gasteiger partial charge on any atom is -0.235 e. The molecular weight excluding hydrogens is 204 g/mol. The fourth-order valence-corrected chi connectivity index (χ4v) is 7.69. The highest BCUT2D eigenvalue weighted by molar-refractivity contribution is 9.15. The number of hydrogen-bond donors (Lipinski definition) is 0. The summed E-state index contributed by atoms with van der Waals surface area (Å²) in [4.78, 5) is 0. The monoisotopic (exact) mass is 210 g/mol. The molecule has 1 aliphatic rings. The molecule has 1 heterocycles. The lowest BCUT2D eigenvalue weighted by atomic mass is 10.3. The highest BCUT2D eigenvalue weighted by atomic mass is 33.7. The molecule has 1 saturated heterocycles. The van der Waals surface area contributed by atoms with Crippen LogP contribution in [0.2, 0.25) is 0 Å². The lowest BCUT2D eigenvalue weighted by Gasteiger charge is -2.16. The summed E-state index contributed by atoms with van der Waals surface area (Å²) in [6, 6.07) is 0. The summed E-state index contributed by atoms with van der Waals surface area (Å²) in [6.07, 6.45) is 6.10. The van der Waals surface area contributed by atoms with Gasteiger partial charge in [0.15, 0.2) is 0 Å². The van der Waals surface area contributed by atoms with Crippen LogP contribution in [-0.2, 0) is 17.7 Å². The second-order valence-corrected chi connectivity index (χ2v) is 11.4. The van der Waals surface area contributed by atoms with Gasteiger partial charge in [0.05, 0.1) is 5.25 Å². The molecule has 0 aliphatic carbocycles. The van der Waals surface area contributed by atoms with E-state index in [1.54, 1.807) is 0 Å². The van der Waals surface area contributed by atoms with Crippen LogP contribution in [0.4, 0.5) is 0 Å². The molecule has 0 aromatic heterocycles. The highest BCUT2D eigenvalue weighted by Gasteiger charge is 2.21. The maximum atomic E-state index is 11.2. The fraction of sp³-hybridized carbons (Fsp3) is 0.600. The molecule has 0 aromatic rings. The largest absolute Gasteiger partial charge is 0.235 e. The highest BCUT2D eigenvalue weighted by Crippen LogP contribution is 2.37. The third-order valence-electron chi connectivity index (χ3n) is 1.03. The number of rotatable bonds is 0. The van der Waals surface area contributed by atoms with Gasteiger partial charge in [-0.3, -0.25) is 0 Å². The minimum atomic E-state index is -2.12. The molecule has 10 heavy (non-hydrogen) atoms. The molecule has 2 atom stereocenters. The molecule has 0 N–H and O–H groups in total. The second kappa shape index (κ2) is 3.35. The van der Waals surface area contributed by atoms with E-state index in [-0.39, 0.29) is 5.25 Å². The van der Waals surface area contributed by atoms with Crippen molar-refractivity contribution in [2.75, 3.05) is 5.75 Å². The van der Waals surface area contributed by atoms with E-state index < -0.39 is 6.56 Å². The van der Waals surface area contributed by atoms with Gasteiger partial charge >= 0.3 is 0 Å². The van der Waals surface area contributed by atoms with Crippen molar-refractivity contribution in [3.05, 3.63) is 0 Å². The molecule has 1 rings (SSSR count). The predicted molar refractivity (Wildman–Crippen MR) is 52.8 cm³/mol. The van der Waals surface area contributed by atoms with E-state index in [1.165, 1.54) is 21.6 Å². The van der Waals surface area contributed by atoms with Crippen molar-refractivity contribution in [2.24, 2.45) is 0 Å². The van der Waals surface area contributed by atoms with Gasteiger partial charge in [0.1, 0.15) is 6.56 Å². The Morgan fingerprint density at radius 2 is 2.50 bits per heavy atom. The Labute approximate surface area is 73.2 Å². The quantitative estimate of drug-likeness (QED) is 0.444. The number of hydrogen-bond acceptors (Lipinski definition) is 4. The fourth-order valence-electron chi connectivity index (χ4n) is 0.586. The van der Waals surface area contributed by atoms with Gasteiger partial charge in [-0.2, -0.15) is 0 Å². The zero-order chi connectivity index (χ0) is 7.61. The Kier molecular flexibility index (Phi) is 2.92. The predicted octanol–water partition coefficient (Wildman–Crippen LogP) is 1.43. The van der Waals surface area contributed by atoms with Crippen LogP contribution in [0.1, 0.15) is 6.42 Å². The zero-order valence-corrected chi connectivity index (χ0v) is 8.38. The smallest absolute Gasteiger partial charge is 0.135 e. The molecule has 1 aliphatic heterocycles. The SMILES string of the molecule is C#CC1CCSS(=O)(=S)S1. The van der Waals surface area contributed by atoms with Crippen molar-refractivity contribution in [3.8, 4) is 12.3 Å². The Bertz CT molecular complexity index is 247. The molecule has 2 unspecified atom stereocenters. The summed E-state index contributed by atoms with van der Waals surface area (Å²) in [5.41, 5.74) is 0. The van der Waals surface area contributed by atoms with Crippen LogP contribution in [0.15, 0.2) is 0 Å². The van der Waals surface area contributed by atoms with Crippen LogP contribution in [-0.4, -0.2) is 15.2 Å². The van der Waals surface area contributed by atoms with Gasteiger partial charge in [-0.1, -0.05) is 5.92 Å². The summed E-state index contributed by atoms with van der Waals surface area (Å²) in [5.74, 6) is 3.40. The standard InChI is InChI=1S/C5H6OS4/c1-2-5-3-4-8-10(6,7)9-5/h1,5H,3-4H2. The molecule has 0 amide bonds. The molecule has 1 nitrogen and oxygen atoms in total. The van der Waals surface area contributed by atoms with E-state index in [1.807, 2.05) is 0 Å². The molecule has 0 saturated carbocycles. The van der Waals surface area contributed by atoms with Crippen LogP contribution >= 0.6 is 21.6 Å². The Morgan fingerprint density at radius 1 is 1.80 bits per heavy atom. The lowest BCUT2D eigenvalue weighted by molar-refractivity contribution is 0.697. The van der Waals surface area contributed by atoms with Gasteiger partial charge in [0.25, 0.3) is 0 Å². The summed E-state index contributed by atoms with van der Waals surface area (Å²) in [7, 11) is 2.61. The van der Waals surface area contributed by atoms with Crippen molar-refractivity contribution < 1.29 is 4.21 Å². The maximum Gasteiger partial charge on any atom is 0.135 e. The van der Waals surface area contributed by atoms with Crippen molar-refractivity contribution in [1.82, 2.24) is 0 Å². The van der Waals surface area contributed by atoms with Crippen LogP contribution in [0.5, 0.6) is 0 Å². The van der Waals surface area contributed by atoms with E-state index in [4.69, 9.17) is 17.6 Å². The summed E-state index contributed by atoms with van der Waals surface area (Å²) in [5, 5.41) is 0.0752. The Morgan fingerprint density at radius 3 is 2.90 bits per heavy atom. The molecule has 56 valence electrons. The summed E-state index contributed by atoms with van der Waals surface area (Å²) in [6.45, 7) is -2.12. The van der Waals surface area contributed by atoms with Gasteiger partial charge in [-0.25, -0.2) is 4.21 Å². The summed E-state index contributed by atoms with van der Waals surface area (Å²) >= 11 is 4.80. The first kappa shape index (κ1) is 8.72. The lowest BCUT2D eigenvalue weighted by Crippen LogP contribution is -2.09. The van der Waals surface area contributed by atoms with Crippen molar-refractivity contribution in [3.63, 3.8) is 0 Å². The average molecular weight is 210 g/mol. The van der Waals surface area contributed by atoms with Crippen LogP contribution in [0, 0.1) is 12.3 Å². The van der Waals surface area contributed by atoms with Crippen molar-refractivity contribution in [1.29, 1.82) is 0 Å². The van der Waals surface area contributed by atoms with Gasteiger partial charge in [-0.05, 0) is 28.0 Å². The van der Waals surface area contributed by atoms with E-state index >= 15 is 0 Å². The van der Waals surface area contributed by atoms with Gasteiger partial charge < -0.3 is 0 Å². The zero-order valence-electron chi connectivity index (χ0n) is 5.11. The van der Waals surface area contributed by atoms with Crippen LogP contribution in [0.3, 0.4) is 0 Å². The first-order valence-corrected chi connectivity index (χ1v) is 8.06. The van der Waals surface area contributed by atoms with Gasteiger partial charge in [-0.15, -0.1) is 6.42 Å². The second-order valence-electron chi connectivity index (χ2n) is 1.77. The Hall–Kier alpha value is 0.630. The molecule has 0 aromatic carbocycles. The van der Waals surface area contributed by atoms with E-state index in [0.717, 1.165) is 12.2 Å². The molecule has 1 fully saturated rings. The first-order valence-electron chi connectivity index (χ1n) is 2.68. The normalized spacial score (nSPS) is 40.5. The van der Waals surface area contributed by atoms with Gasteiger partial charge in [0.2, 0.25) is 0 Å². The topological polar surface area (TPSA) is 17.1 Å². The summed E-state index contributed by atoms with van der Waals surface area (Å²) < 4.78 is 11.2. The van der Waals surface area contributed by atoms with Crippen LogP contribution < -0.4 is 0 Å². The average Bonchev–Trinajstić information content (AvgIpc) is 1.86. The Balaban J connectivity index is 2.67. The van der Waals surface area contributed by atoms with Crippen molar-refractivity contribution in [2.45, 2.75) is 11.7 Å². The number of terminal acetylenes is 1. The molecule has 0 radical (unpaired) electrons. The van der Waals surface area contributed by atoms with Gasteiger partial charge in [0, 0.05) is 16.9 Å². The molecule has 5 heteroatoms. The third kappa shape index (κ3) is 2.35. The van der Waals surface area contributed by atoms with Crippen molar-refractivity contribution >= 4 is 39.3 Å².